The number of anilines is 2. The molecule has 24 heavy (non-hydrogen) atoms. The highest BCUT2D eigenvalue weighted by molar-refractivity contribution is 6.31. The molecule has 0 saturated carbocycles. The molecule has 2 amide bonds. The molecule has 0 spiro atoms. The van der Waals surface area contributed by atoms with E-state index in [9.17, 15) is 9.59 Å². The van der Waals surface area contributed by atoms with Crippen molar-refractivity contribution in [1.82, 2.24) is 0 Å². The average Bonchev–Trinajstić information content (AvgIpc) is 2.56. The number of carbonyl (C=O) groups excluding carboxylic acids is 2. The van der Waals surface area contributed by atoms with Crippen LogP contribution in [0.4, 0.5) is 11.4 Å². The third-order valence-corrected chi connectivity index (χ3v) is 4.69. The van der Waals surface area contributed by atoms with Gasteiger partial charge in [-0.2, -0.15) is 0 Å². The molecular formula is C19H19ClN2O2. The van der Waals surface area contributed by atoms with Crippen LogP contribution in [-0.2, 0) is 16.0 Å². The quantitative estimate of drug-likeness (QED) is 0.875. The van der Waals surface area contributed by atoms with Gasteiger partial charge in [-0.05, 0) is 49.1 Å². The number of hydrogen-bond donors (Lipinski definition) is 2. The van der Waals surface area contributed by atoms with E-state index in [-0.39, 0.29) is 17.7 Å². The second kappa shape index (κ2) is 7.05. The fraction of sp³-hybridized carbons (Fsp3) is 0.263. The first kappa shape index (κ1) is 16.5. The topological polar surface area (TPSA) is 58.2 Å². The molecule has 3 rings (SSSR count). The molecule has 0 aromatic heterocycles. The van der Waals surface area contributed by atoms with Gasteiger partial charge in [-0.1, -0.05) is 35.9 Å². The maximum atomic E-state index is 12.1. The highest BCUT2D eigenvalue weighted by Crippen LogP contribution is 2.27. The van der Waals surface area contributed by atoms with Crippen LogP contribution < -0.4 is 10.6 Å². The van der Waals surface area contributed by atoms with Gasteiger partial charge in [0.1, 0.15) is 0 Å². The number of rotatable bonds is 4. The normalized spacial score (nSPS) is 16.2. The summed E-state index contributed by atoms with van der Waals surface area (Å²) in [7, 11) is 0. The van der Waals surface area contributed by atoms with Crippen LogP contribution >= 0.6 is 11.6 Å². The zero-order valence-corrected chi connectivity index (χ0v) is 14.2. The minimum Gasteiger partial charge on any atom is -0.326 e. The van der Waals surface area contributed by atoms with Crippen molar-refractivity contribution in [3.63, 3.8) is 0 Å². The molecule has 1 aliphatic rings. The summed E-state index contributed by atoms with van der Waals surface area (Å²) in [6.45, 7) is 1.91. The first-order valence-electron chi connectivity index (χ1n) is 7.97. The van der Waals surface area contributed by atoms with Crippen molar-refractivity contribution in [2.75, 3.05) is 10.6 Å². The average molecular weight is 343 g/mol. The fourth-order valence-electron chi connectivity index (χ4n) is 2.85. The van der Waals surface area contributed by atoms with Crippen LogP contribution in [0, 0.1) is 12.8 Å². The predicted octanol–water partition coefficient (Wildman–Crippen LogP) is 4.18. The van der Waals surface area contributed by atoms with E-state index in [4.69, 9.17) is 11.6 Å². The van der Waals surface area contributed by atoms with Gasteiger partial charge in [-0.25, -0.2) is 0 Å². The van der Waals surface area contributed by atoms with Gasteiger partial charge in [0.05, 0.1) is 0 Å². The predicted molar refractivity (Wildman–Crippen MR) is 96.3 cm³/mol. The summed E-state index contributed by atoms with van der Waals surface area (Å²) < 4.78 is 0. The number of benzene rings is 2. The minimum atomic E-state index is -0.174. The Labute approximate surface area is 146 Å². The molecule has 2 aromatic carbocycles. The Balaban J connectivity index is 1.56. The minimum absolute atomic E-state index is 0.0140. The number of aryl methyl sites for hydroxylation is 1. The van der Waals surface area contributed by atoms with Crippen LogP contribution in [0.5, 0.6) is 0 Å². The molecule has 2 aromatic rings. The summed E-state index contributed by atoms with van der Waals surface area (Å²) in [5.74, 6) is -0.297. The van der Waals surface area contributed by atoms with E-state index in [0.717, 1.165) is 16.8 Å². The summed E-state index contributed by atoms with van der Waals surface area (Å²) in [6, 6.07) is 13.2. The molecule has 1 aliphatic heterocycles. The van der Waals surface area contributed by atoms with Gasteiger partial charge < -0.3 is 10.6 Å². The number of nitrogens with one attached hydrogen (secondary N) is 2. The van der Waals surface area contributed by atoms with E-state index >= 15 is 0 Å². The zero-order chi connectivity index (χ0) is 17.1. The van der Waals surface area contributed by atoms with Crippen molar-refractivity contribution >= 4 is 34.8 Å². The van der Waals surface area contributed by atoms with Crippen LogP contribution in [0.25, 0.3) is 0 Å². The lowest BCUT2D eigenvalue weighted by molar-refractivity contribution is -0.121. The number of hydrogen-bond acceptors (Lipinski definition) is 2. The summed E-state index contributed by atoms with van der Waals surface area (Å²) in [5, 5.41) is 6.36. The van der Waals surface area contributed by atoms with E-state index in [1.54, 1.807) is 6.07 Å². The lowest BCUT2D eigenvalue weighted by Gasteiger charge is -2.24. The number of fused-ring (bicyclic) bond motifs is 1. The van der Waals surface area contributed by atoms with Crippen LogP contribution in [-0.4, -0.2) is 11.8 Å². The molecule has 0 fully saturated rings. The van der Waals surface area contributed by atoms with Crippen molar-refractivity contribution in [1.29, 1.82) is 0 Å². The molecule has 1 atom stereocenters. The number of amides is 2. The monoisotopic (exact) mass is 342 g/mol. The Hall–Kier alpha value is -2.33. The van der Waals surface area contributed by atoms with Crippen molar-refractivity contribution in [3.8, 4) is 0 Å². The largest absolute Gasteiger partial charge is 0.326 e. The van der Waals surface area contributed by atoms with Gasteiger partial charge in [0, 0.05) is 28.7 Å². The molecule has 0 radical (unpaired) electrons. The van der Waals surface area contributed by atoms with Crippen molar-refractivity contribution in [2.45, 2.75) is 26.2 Å². The van der Waals surface area contributed by atoms with E-state index in [2.05, 4.69) is 10.6 Å². The number of carbonyl (C=O) groups is 2. The lowest BCUT2D eigenvalue weighted by atomic mass is 9.89. The third-order valence-electron chi connectivity index (χ3n) is 4.29. The molecule has 2 N–H and O–H groups in total. The zero-order valence-electron chi connectivity index (χ0n) is 13.4. The van der Waals surface area contributed by atoms with Crippen LogP contribution in [0.15, 0.2) is 42.5 Å². The molecule has 4 nitrogen and oxygen atoms in total. The van der Waals surface area contributed by atoms with E-state index in [0.29, 0.717) is 30.0 Å². The third kappa shape index (κ3) is 3.77. The molecule has 5 heteroatoms. The SMILES string of the molecule is Cc1ccc(NC(=O)CC[C@H]2Cc3ccccc3NC2=O)cc1Cl. The van der Waals surface area contributed by atoms with Crippen molar-refractivity contribution < 1.29 is 9.59 Å². The van der Waals surface area contributed by atoms with Gasteiger partial charge >= 0.3 is 0 Å². The molecule has 0 bridgehead atoms. The summed E-state index contributed by atoms with van der Waals surface area (Å²) >= 11 is 6.06. The van der Waals surface area contributed by atoms with Gasteiger partial charge in [0.2, 0.25) is 11.8 Å². The summed E-state index contributed by atoms with van der Waals surface area (Å²) in [4.78, 5) is 24.3. The van der Waals surface area contributed by atoms with Gasteiger partial charge in [0.15, 0.2) is 0 Å². The molecular weight excluding hydrogens is 324 g/mol. The van der Waals surface area contributed by atoms with E-state index < -0.39 is 0 Å². The Bertz CT molecular complexity index is 789. The number of para-hydroxylation sites is 1. The lowest BCUT2D eigenvalue weighted by Crippen LogP contribution is -2.30. The highest BCUT2D eigenvalue weighted by atomic mass is 35.5. The maximum absolute atomic E-state index is 12.1. The molecule has 0 unspecified atom stereocenters. The van der Waals surface area contributed by atoms with Gasteiger partial charge in [-0.3, -0.25) is 9.59 Å². The van der Waals surface area contributed by atoms with Crippen LogP contribution in [0.1, 0.15) is 24.0 Å². The highest BCUT2D eigenvalue weighted by Gasteiger charge is 2.26. The van der Waals surface area contributed by atoms with Gasteiger partial charge in [-0.15, -0.1) is 0 Å². The van der Waals surface area contributed by atoms with E-state index in [1.165, 1.54) is 0 Å². The fourth-order valence-corrected chi connectivity index (χ4v) is 3.03. The molecule has 124 valence electrons. The Morgan fingerprint density at radius 3 is 2.88 bits per heavy atom. The second-order valence-corrected chi connectivity index (χ2v) is 6.51. The molecule has 0 saturated heterocycles. The van der Waals surface area contributed by atoms with E-state index in [1.807, 2.05) is 43.3 Å². The second-order valence-electron chi connectivity index (χ2n) is 6.10. The van der Waals surface area contributed by atoms with Crippen molar-refractivity contribution in [3.05, 3.63) is 58.6 Å². The maximum Gasteiger partial charge on any atom is 0.227 e. The summed E-state index contributed by atoms with van der Waals surface area (Å²) in [6.07, 6.45) is 1.49. The van der Waals surface area contributed by atoms with Crippen LogP contribution in [0.2, 0.25) is 5.02 Å². The van der Waals surface area contributed by atoms with Gasteiger partial charge in [0.25, 0.3) is 0 Å². The molecule has 1 heterocycles. The smallest absolute Gasteiger partial charge is 0.227 e. The van der Waals surface area contributed by atoms with Crippen LogP contribution in [0.3, 0.4) is 0 Å². The summed E-state index contributed by atoms with van der Waals surface area (Å²) in [5.41, 5.74) is 3.63. The van der Waals surface area contributed by atoms with Crippen molar-refractivity contribution in [2.24, 2.45) is 5.92 Å². The standard InChI is InChI=1S/C19H19ClN2O2/c1-12-6-8-15(11-16(12)20)21-18(23)9-7-14-10-13-4-2-3-5-17(13)22-19(14)24/h2-6,8,11,14H,7,9-10H2,1H3,(H,21,23)(H,22,24)/t14-/m0/s1. The Morgan fingerprint density at radius 1 is 1.29 bits per heavy atom. The number of halogens is 1. The molecule has 0 aliphatic carbocycles. The first-order valence-corrected chi connectivity index (χ1v) is 8.35. The Kier molecular flexibility index (Phi) is 4.86. The first-order chi connectivity index (χ1) is 11.5. The Morgan fingerprint density at radius 2 is 2.08 bits per heavy atom.